The number of nitrogens with one attached hydrogen (secondary N) is 1. The van der Waals surface area contributed by atoms with Crippen molar-refractivity contribution < 1.29 is 9.47 Å². The van der Waals surface area contributed by atoms with Gasteiger partial charge in [0.15, 0.2) is 0 Å². The molecule has 18 heavy (non-hydrogen) atoms. The van der Waals surface area contributed by atoms with E-state index in [2.05, 4.69) is 32.2 Å². The van der Waals surface area contributed by atoms with Crippen LogP contribution in [-0.2, 0) is 11.3 Å². The first-order valence-electron chi connectivity index (χ1n) is 6.73. The van der Waals surface area contributed by atoms with Crippen LogP contribution in [0.1, 0.15) is 26.3 Å². The zero-order valence-electron chi connectivity index (χ0n) is 11.7. The Balaban J connectivity index is 2.32. The number of hydrogen-bond donors (Lipinski definition) is 1. The van der Waals surface area contributed by atoms with Gasteiger partial charge in [0, 0.05) is 18.7 Å². The molecule has 0 amide bonds. The van der Waals surface area contributed by atoms with Crippen LogP contribution in [0.15, 0.2) is 24.3 Å². The van der Waals surface area contributed by atoms with Crippen molar-refractivity contribution in [1.82, 2.24) is 5.32 Å². The Hall–Kier alpha value is -1.06. The third-order valence-electron chi connectivity index (χ3n) is 2.47. The molecule has 1 aromatic rings. The SMILES string of the molecule is CCNCc1ccccc1OCCOCC(C)C. The molecule has 0 aliphatic rings. The topological polar surface area (TPSA) is 30.5 Å². The fraction of sp³-hybridized carbons (Fsp3) is 0.600. The van der Waals surface area contributed by atoms with Gasteiger partial charge in [-0.2, -0.15) is 0 Å². The summed E-state index contributed by atoms with van der Waals surface area (Å²) >= 11 is 0. The van der Waals surface area contributed by atoms with E-state index >= 15 is 0 Å². The maximum Gasteiger partial charge on any atom is 0.123 e. The largest absolute Gasteiger partial charge is 0.491 e. The highest BCUT2D eigenvalue weighted by molar-refractivity contribution is 5.33. The second-order valence-corrected chi connectivity index (χ2v) is 4.71. The molecule has 1 N–H and O–H groups in total. The molecule has 3 nitrogen and oxygen atoms in total. The molecule has 0 aliphatic heterocycles. The van der Waals surface area contributed by atoms with Crippen molar-refractivity contribution in [3.8, 4) is 5.75 Å². The Labute approximate surface area is 110 Å². The lowest BCUT2D eigenvalue weighted by Crippen LogP contribution is -2.14. The minimum absolute atomic E-state index is 0.575. The highest BCUT2D eigenvalue weighted by Crippen LogP contribution is 2.17. The van der Waals surface area contributed by atoms with Crippen LogP contribution in [0.25, 0.3) is 0 Å². The Morgan fingerprint density at radius 3 is 2.67 bits per heavy atom. The van der Waals surface area contributed by atoms with Crippen LogP contribution in [0.4, 0.5) is 0 Å². The van der Waals surface area contributed by atoms with E-state index in [-0.39, 0.29) is 0 Å². The summed E-state index contributed by atoms with van der Waals surface area (Å²) in [5, 5.41) is 3.31. The van der Waals surface area contributed by atoms with Gasteiger partial charge < -0.3 is 14.8 Å². The van der Waals surface area contributed by atoms with E-state index in [1.807, 2.05) is 18.2 Å². The Bertz CT molecular complexity index is 326. The first kappa shape index (κ1) is 15.0. The molecule has 0 unspecified atom stereocenters. The van der Waals surface area contributed by atoms with Crippen LogP contribution in [0.5, 0.6) is 5.75 Å². The quantitative estimate of drug-likeness (QED) is 0.685. The molecule has 0 aromatic heterocycles. The Morgan fingerprint density at radius 2 is 1.94 bits per heavy atom. The number of ether oxygens (including phenoxy) is 2. The van der Waals surface area contributed by atoms with Crippen LogP contribution in [0.2, 0.25) is 0 Å². The maximum absolute atomic E-state index is 5.75. The molecule has 0 fully saturated rings. The third kappa shape index (κ3) is 6.03. The van der Waals surface area contributed by atoms with Crippen molar-refractivity contribution >= 4 is 0 Å². The van der Waals surface area contributed by atoms with Crippen LogP contribution < -0.4 is 10.1 Å². The molecule has 1 rings (SSSR count). The van der Waals surface area contributed by atoms with E-state index in [1.54, 1.807) is 0 Å². The normalized spacial score (nSPS) is 10.9. The molecule has 0 saturated carbocycles. The van der Waals surface area contributed by atoms with Crippen LogP contribution in [0, 0.1) is 5.92 Å². The van der Waals surface area contributed by atoms with E-state index in [9.17, 15) is 0 Å². The smallest absolute Gasteiger partial charge is 0.123 e. The van der Waals surface area contributed by atoms with Crippen molar-refractivity contribution in [1.29, 1.82) is 0 Å². The van der Waals surface area contributed by atoms with E-state index in [0.717, 1.165) is 25.4 Å². The predicted octanol–water partition coefficient (Wildman–Crippen LogP) is 2.85. The molecule has 0 radical (unpaired) electrons. The van der Waals surface area contributed by atoms with Gasteiger partial charge in [0.1, 0.15) is 12.4 Å². The zero-order chi connectivity index (χ0) is 13.2. The summed E-state index contributed by atoms with van der Waals surface area (Å²) < 4.78 is 11.2. The molecule has 0 heterocycles. The van der Waals surface area contributed by atoms with E-state index in [0.29, 0.717) is 19.1 Å². The number of rotatable bonds is 9. The molecular formula is C15H25NO2. The van der Waals surface area contributed by atoms with Gasteiger partial charge in [-0.25, -0.2) is 0 Å². The monoisotopic (exact) mass is 251 g/mol. The van der Waals surface area contributed by atoms with Gasteiger partial charge in [0.2, 0.25) is 0 Å². The van der Waals surface area contributed by atoms with Crippen molar-refractivity contribution in [2.24, 2.45) is 5.92 Å². The lowest BCUT2D eigenvalue weighted by molar-refractivity contribution is 0.0816. The molecule has 0 saturated heterocycles. The summed E-state index contributed by atoms with van der Waals surface area (Å²) in [4.78, 5) is 0. The molecule has 0 atom stereocenters. The lowest BCUT2D eigenvalue weighted by Gasteiger charge is -2.12. The molecule has 0 aliphatic carbocycles. The third-order valence-corrected chi connectivity index (χ3v) is 2.47. The summed E-state index contributed by atoms with van der Waals surface area (Å²) in [5.74, 6) is 1.53. The van der Waals surface area contributed by atoms with Gasteiger partial charge in [0.25, 0.3) is 0 Å². The van der Waals surface area contributed by atoms with Gasteiger partial charge in [-0.15, -0.1) is 0 Å². The molecule has 3 heteroatoms. The number of para-hydroxylation sites is 1. The Kier molecular flexibility index (Phi) is 7.46. The average Bonchev–Trinajstić information content (AvgIpc) is 2.36. The molecular weight excluding hydrogens is 226 g/mol. The fourth-order valence-electron chi connectivity index (χ4n) is 1.58. The molecule has 0 bridgehead atoms. The van der Waals surface area contributed by atoms with Crippen LogP contribution >= 0.6 is 0 Å². The highest BCUT2D eigenvalue weighted by Gasteiger charge is 2.02. The highest BCUT2D eigenvalue weighted by atomic mass is 16.5. The summed E-state index contributed by atoms with van der Waals surface area (Å²) in [7, 11) is 0. The fourth-order valence-corrected chi connectivity index (χ4v) is 1.58. The zero-order valence-corrected chi connectivity index (χ0v) is 11.7. The summed E-state index contributed by atoms with van der Waals surface area (Å²) in [5.41, 5.74) is 1.20. The Morgan fingerprint density at radius 1 is 1.17 bits per heavy atom. The first-order chi connectivity index (χ1) is 8.74. The van der Waals surface area contributed by atoms with E-state index < -0.39 is 0 Å². The van der Waals surface area contributed by atoms with Gasteiger partial charge >= 0.3 is 0 Å². The van der Waals surface area contributed by atoms with E-state index in [1.165, 1.54) is 5.56 Å². The minimum atomic E-state index is 0.575. The van der Waals surface area contributed by atoms with Gasteiger partial charge in [-0.05, 0) is 18.5 Å². The van der Waals surface area contributed by atoms with Crippen molar-refractivity contribution in [3.63, 3.8) is 0 Å². The summed E-state index contributed by atoms with van der Waals surface area (Å²) in [6.07, 6.45) is 0. The first-order valence-corrected chi connectivity index (χ1v) is 6.73. The average molecular weight is 251 g/mol. The van der Waals surface area contributed by atoms with Crippen LogP contribution in [-0.4, -0.2) is 26.4 Å². The number of hydrogen-bond acceptors (Lipinski definition) is 3. The van der Waals surface area contributed by atoms with Gasteiger partial charge in [0.05, 0.1) is 6.61 Å². The lowest BCUT2D eigenvalue weighted by atomic mass is 10.2. The van der Waals surface area contributed by atoms with Crippen LogP contribution in [0.3, 0.4) is 0 Å². The van der Waals surface area contributed by atoms with Gasteiger partial charge in [-0.3, -0.25) is 0 Å². The van der Waals surface area contributed by atoms with Crippen molar-refractivity contribution in [3.05, 3.63) is 29.8 Å². The maximum atomic E-state index is 5.75. The second-order valence-electron chi connectivity index (χ2n) is 4.71. The summed E-state index contributed by atoms with van der Waals surface area (Å²) in [6.45, 7) is 10.2. The summed E-state index contributed by atoms with van der Waals surface area (Å²) in [6, 6.07) is 8.14. The van der Waals surface area contributed by atoms with Crippen molar-refractivity contribution in [2.75, 3.05) is 26.4 Å². The molecule has 1 aromatic carbocycles. The number of benzene rings is 1. The molecule has 0 spiro atoms. The molecule has 102 valence electrons. The van der Waals surface area contributed by atoms with Gasteiger partial charge in [-0.1, -0.05) is 39.0 Å². The second kappa shape index (κ2) is 8.95. The minimum Gasteiger partial charge on any atom is -0.491 e. The van der Waals surface area contributed by atoms with E-state index in [4.69, 9.17) is 9.47 Å². The standard InChI is InChI=1S/C15H25NO2/c1-4-16-11-14-7-5-6-8-15(14)18-10-9-17-12-13(2)3/h5-8,13,16H,4,9-12H2,1-3H3. The van der Waals surface area contributed by atoms with Crippen molar-refractivity contribution in [2.45, 2.75) is 27.3 Å². The predicted molar refractivity (Wildman–Crippen MR) is 75.0 cm³/mol.